The first-order valence-corrected chi connectivity index (χ1v) is 4.84. The van der Waals surface area contributed by atoms with E-state index in [4.69, 9.17) is 9.52 Å². The number of aromatic nitrogens is 2. The second-order valence-electron chi connectivity index (χ2n) is 2.14. The highest BCUT2D eigenvalue weighted by atomic mass is 32.2. The van der Waals surface area contributed by atoms with Gasteiger partial charge in [-0.1, -0.05) is 0 Å². The Morgan fingerprint density at radius 3 is 3.08 bits per heavy atom. The minimum atomic E-state index is -1.04. The Hall–Kier alpha value is -1.30. The Morgan fingerprint density at radius 1 is 1.69 bits per heavy atom. The number of carboxylic acids is 1. The van der Waals surface area contributed by atoms with E-state index in [-0.39, 0.29) is 5.89 Å². The van der Waals surface area contributed by atoms with Gasteiger partial charge in [-0.2, -0.15) is 11.8 Å². The van der Waals surface area contributed by atoms with Crippen molar-refractivity contribution in [2.75, 3.05) is 6.26 Å². The van der Waals surface area contributed by atoms with Crippen molar-refractivity contribution in [3.63, 3.8) is 0 Å². The summed E-state index contributed by atoms with van der Waals surface area (Å²) in [4.78, 5) is 10.1. The van der Waals surface area contributed by atoms with E-state index in [9.17, 15) is 4.79 Å². The molecule has 1 heterocycles. The molecule has 0 saturated heterocycles. The van der Waals surface area contributed by atoms with E-state index in [0.29, 0.717) is 11.6 Å². The molecule has 0 aliphatic rings. The fourth-order valence-electron chi connectivity index (χ4n) is 0.658. The van der Waals surface area contributed by atoms with Crippen molar-refractivity contribution >= 4 is 23.8 Å². The van der Waals surface area contributed by atoms with Gasteiger partial charge in [0.05, 0.1) is 5.75 Å². The van der Waals surface area contributed by atoms with Crippen LogP contribution < -0.4 is 0 Å². The molecule has 0 amide bonds. The predicted octanol–water partition coefficient (Wildman–Crippen LogP) is 1.03. The number of carbonyl (C=O) groups is 1. The molecule has 5 nitrogen and oxygen atoms in total. The van der Waals surface area contributed by atoms with Gasteiger partial charge in [0.25, 0.3) is 0 Å². The van der Waals surface area contributed by atoms with Crippen LogP contribution in [-0.4, -0.2) is 27.5 Å². The molecule has 0 saturated carbocycles. The minimum absolute atomic E-state index is 0.214. The number of rotatable bonds is 4. The van der Waals surface area contributed by atoms with Gasteiger partial charge in [0, 0.05) is 12.2 Å². The van der Waals surface area contributed by atoms with Crippen LogP contribution in [0.25, 0.3) is 6.08 Å². The van der Waals surface area contributed by atoms with Crippen molar-refractivity contribution in [3.05, 3.63) is 17.9 Å². The van der Waals surface area contributed by atoms with Crippen molar-refractivity contribution in [1.29, 1.82) is 0 Å². The van der Waals surface area contributed by atoms with E-state index in [1.54, 1.807) is 11.8 Å². The van der Waals surface area contributed by atoms with Crippen LogP contribution in [0.3, 0.4) is 0 Å². The van der Waals surface area contributed by atoms with Crippen LogP contribution in [0.2, 0.25) is 0 Å². The van der Waals surface area contributed by atoms with E-state index in [1.165, 1.54) is 6.08 Å². The molecule has 0 aromatic carbocycles. The smallest absolute Gasteiger partial charge is 0.328 e. The van der Waals surface area contributed by atoms with E-state index < -0.39 is 5.97 Å². The summed E-state index contributed by atoms with van der Waals surface area (Å²) in [5, 5.41) is 15.6. The maximum absolute atomic E-state index is 10.1. The number of nitrogens with zero attached hydrogens (tertiary/aromatic N) is 2. The summed E-state index contributed by atoms with van der Waals surface area (Å²) in [5.41, 5.74) is 0. The molecular formula is C7H8N2O3S. The zero-order chi connectivity index (χ0) is 9.68. The van der Waals surface area contributed by atoms with Gasteiger partial charge in [0.2, 0.25) is 11.8 Å². The fraction of sp³-hybridized carbons (Fsp3) is 0.286. The molecule has 0 atom stereocenters. The summed E-state index contributed by atoms with van der Waals surface area (Å²) in [5.74, 6) is 0.307. The summed E-state index contributed by atoms with van der Waals surface area (Å²) < 4.78 is 5.08. The highest BCUT2D eigenvalue weighted by Gasteiger charge is 2.01. The van der Waals surface area contributed by atoms with E-state index >= 15 is 0 Å². The lowest BCUT2D eigenvalue weighted by molar-refractivity contribution is -0.131. The summed E-state index contributed by atoms with van der Waals surface area (Å²) in [6.07, 6.45) is 4.13. The third kappa shape index (κ3) is 3.29. The van der Waals surface area contributed by atoms with Crippen molar-refractivity contribution in [2.24, 2.45) is 0 Å². The van der Waals surface area contributed by atoms with Crippen LogP contribution in [-0.2, 0) is 10.5 Å². The largest absolute Gasteiger partial charge is 0.478 e. The lowest BCUT2D eigenvalue weighted by Crippen LogP contribution is -1.85. The first-order chi connectivity index (χ1) is 6.22. The Bertz CT molecular complexity index is 321. The number of aliphatic carboxylic acids is 1. The molecule has 1 N–H and O–H groups in total. The van der Waals surface area contributed by atoms with Crippen molar-refractivity contribution < 1.29 is 14.3 Å². The van der Waals surface area contributed by atoms with Crippen LogP contribution >= 0.6 is 11.8 Å². The monoisotopic (exact) mass is 200 g/mol. The molecule has 70 valence electrons. The Kier molecular flexibility index (Phi) is 3.51. The summed E-state index contributed by atoms with van der Waals surface area (Å²) in [6, 6.07) is 0. The van der Waals surface area contributed by atoms with Gasteiger partial charge in [0.15, 0.2) is 0 Å². The molecule has 13 heavy (non-hydrogen) atoms. The lowest BCUT2D eigenvalue weighted by atomic mass is 10.5. The molecule has 1 aromatic rings. The minimum Gasteiger partial charge on any atom is -0.478 e. The van der Waals surface area contributed by atoms with Crippen LogP contribution in [0.5, 0.6) is 0 Å². The number of hydrogen-bond donors (Lipinski definition) is 1. The van der Waals surface area contributed by atoms with Crippen molar-refractivity contribution in [1.82, 2.24) is 10.2 Å². The zero-order valence-electron chi connectivity index (χ0n) is 6.93. The fourth-order valence-corrected chi connectivity index (χ4v) is 1.02. The Morgan fingerprint density at radius 2 is 2.46 bits per heavy atom. The van der Waals surface area contributed by atoms with Crippen molar-refractivity contribution in [3.8, 4) is 0 Å². The molecule has 0 unspecified atom stereocenters. The van der Waals surface area contributed by atoms with Gasteiger partial charge >= 0.3 is 5.97 Å². The number of thioether (sulfide) groups is 1. The molecule has 0 bridgehead atoms. The third-order valence-corrected chi connectivity index (χ3v) is 1.65. The van der Waals surface area contributed by atoms with Crippen LogP contribution in [0.1, 0.15) is 11.8 Å². The summed E-state index contributed by atoms with van der Waals surface area (Å²) in [7, 11) is 0. The van der Waals surface area contributed by atoms with Gasteiger partial charge < -0.3 is 9.52 Å². The molecule has 0 radical (unpaired) electrons. The molecule has 0 aliphatic heterocycles. The van der Waals surface area contributed by atoms with E-state index in [0.717, 1.165) is 6.08 Å². The average Bonchev–Trinajstić information content (AvgIpc) is 2.50. The van der Waals surface area contributed by atoms with Crippen LogP contribution in [0.15, 0.2) is 10.5 Å². The Labute approximate surface area is 78.8 Å². The molecule has 6 heteroatoms. The molecular weight excluding hydrogens is 192 g/mol. The SMILES string of the molecule is CSCc1nnc(/C=C/C(=O)O)o1. The maximum atomic E-state index is 10.1. The predicted molar refractivity (Wildman–Crippen MR) is 48.2 cm³/mol. The summed E-state index contributed by atoms with van der Waals surface area (Å²) >= 11 is 1.56. The average molecular weight is 200 g/mol. The maximum Gasteiger partial charge on any atom is 0.328 e. The highest BCUT2D eigenvalue weighted by molar-refractivity contribution is 7.97. The van der Waals surface area contributed by atoms with Crippen LogP contribution in [0, 0.1) is 0 Å². The number of carboxylic acid groups (broad SMARTS) is 1. The molecule has 0 spiro atoms. The van der Waals surface area contributed by atoms with Gasteiger partial charge in [-0.3, -0.25) is 0 Å². The van der Waals surface area contributed by atoms with Crippen molar-refractivity contribution in [2.45, 2.75) is 5.75 Å². The molecule has 1 aromatic heterocycles. The van der Waals surface area contributed by atoms with E-state index in [1.807, 2.05) is 6.26 Å². The normalized spacial score (nSPS) is 10.8. The topological polar surface area (TPSA) is 76.2 Å². The van der Waals surface area contributed by atoms with E-state index in [2.05, 4.69) is 10.2 Å². The summed E-state index contributed by atoms with van der Waals surface area (Å²) in [6.45, 7) is 0. The second kappa shape index (κ2) is 4.66. The second-order valence-corrected chi connectivity index (χ2v) is 3.00. The lowest BCUT2D eigenvalue weighted by Gasteiger charge is -1.84. The third-order valence-electron chi connectivity index (χ3n) is 1.12. The quantitative estimate of drug-likeness (QED) is 0.731. The number of hydrogen-bond acceptors (Lipinski definition) is 5. The van der Waals surface area contributed by atoms with Gasteiger partial charge in [-0.25, -0.2) is 4.79 Å². The first kappa shape index (κ1) is 9.79. The standard InChI is InChI=1S/C7H8N2O3S/c1-13-4-6-9-8-5(12-6)2-3-7(10)11/h2-3H,4H2,1H3,(H,10,11)/b3-2+. The molecule has 1 rings (SSSR count). The Balaban J connectivity index is 2.63. The molecule has 0 fully saturated rings. The van der Waals surface area contributed by atoms with Gasteiger partial charge in [-0.15, -0.1) is 10.2 Å². The van der Waals surface area contributed by atoms with Gasteiger partial charge in [0.1, 0.15) is 0 Å². The van der Waals surface area contributed by atoms with Crippen LogP contribution in [0.4, 0.5) is 0 Å². The molecule has 0 aliphatic carbocycles. The van der Waals surface area contributed by atoms with Gasteiger partial charge in [-0.05, 0) is 6.26 Å². The first-order valence-electron chi connectivity index (χ1n) is 3.44. The zero-order valence-corrected chi connectivity index (χ0v) is 7.74. The highest BCUT2D eigenvalue weighted by Crippen LogP contribution is 2.08.